The fraction of sp³-hybridized carbons (Fsp3) is 0.375. The van der Waals surface area contributed by atoms with Crippen LogP contribution in [0.4, 0.5) is 0 Å². The fourth-order valence-electron chi connectivity index (χ4n) is 0.533. The summed E-state index contributed by atoms with van der Waals surface area (Å²) in [4.78, 5) is 10.8. The summed E-state index contributed by atoms with van der Waals surface area (Å²) in [6, 6.07) is 0. The summed E-state index contributed by atoms with van der Waals surface area (Å²) in [5, 5.41) is 8.41. The maximum Gasteiger partial charge on any atom is 0.338 e. The molecule has 0 unspecified atom stereocenters. The van der Waals surface area contributed by atoms with Gasteiger partial charge >= 0.3 is 5.97 Å². The second-order valence-electron chi connectivity index (χ2n) is 1.97. The summed E-state index contributed by atoms with van der Waals surface area (Å²) >= 11 is 0. The molecular formula is C8H12O3. The number of carbonyl (C=O) groups excluding carboxylic acids is 1. The van der Waals surface area contributed by atoms with Crippen LogP contribution in [-0.2, 0) is 9.53 Å². The third-order valence-electron chi connectivity index (χ3n) is 1.09. The largest absolute Gasteiger partial charge is 0.432 e. The highest BCUT2D eigenvalue weighted by Gasteiger charge is 2.01. The van der Waals surface area contributed by atoms with Gasteiger partial charge in [0.05, 0.1) is 6.26 Å². The number of carbonyl (C=O) groups is 1. The molecular weight excluding hydrogens is 144 g/mol. The van der Waals surface area contributed by atoms with Crippen LogP contribution in [0.25, 0.3) is 0 Å². The zero-order chi connectivity index (χ0) is 8.69. The van der Waals surface area contributed by atoms with Gasteiger partial charge in [-0.15, -0.1) is 0 Å². The zero-order valence-corrected chi connectivity index (χ0v) is 6.54. The Morgan fingerprint density at radius 3 is 2.82 bits per heavy atom. The molecule has 0 aliphatic rings. The van der Waals surface area contributed by atoms with E-state index in [2.05, 4.69) is 11.3 Å². The zero-order valence-electron chi connectivity index (χ0n) is 6.54. The molecule has 0 saturated heterocycles. The highest BCUT2D eigenvalue weighted by Crippen LogP contribution is 1.98. The van der Waals surface area contributed by atoms with E-state index in [0.717, 1.165) is 6.26 Å². The van der Waals surface area contributed by atoms with E-state index in [9.17, 15) is 4.79 Å². The van der Waals surface area contributed by atoms with E-state index in [1.165, 1.54) is 0 Å². The molecule has 0 bridgehead atoms. The van der Waals surface area contributed by atoms with Crippen LogP contribution in [0.15, 0.2) is 24.5 Å². The molecule has 0 atom stereocenters. The number of esters is 1. The molecule has 0 heterocycles. The molecule has 1 N–H and O–H groups in total. The van der Waals surface area contributed by atoms with Crippen LogP contribution < -0.4 is 0 Å². The van der Waals surface area contributed by atoms with Gasteiger partial charge in [-0.3, -0.25) is 0 Å². The topological polar surface area (TPSA) is 46.5 Å². The standard InChI is InChI=1S/C8H12O3/c1-3-11-8(10)7(2)5-4-6-9/h3,5,9H,1,4,6H2,2H3/b7-5+. The Morgan fingerprint density at radius 1 is 1.73 bits per heavy atom. The molecule has 0 aromatic rings. The summed E-state index contributed by atoms with van der Waals surface area (Å²) in [5.74, 6) is -0.423. The second-order valence-corrected chi connectivity index (χ2v) is 1.97. The van der Waals surface area contributed by atoms with Gasteiger partial charge in [-0.25, -0.2) is 4.79 Å². The Balaban J connectivity index is 3.89. The molecule has 0 aliphatic carbocycles. The Morgan fingerprint density at radius 2 is 2.36 bits per heavy atom. The third kappa shape index (κ3) is 4.33. The van der Waals surface area contributed by atoms with Crippen molar-refractivity contribution in [1.82, 2.24) is 0 Å². The van der Waals surface area contributed by atoms with E-state index in [1.54, 1.807) is 13.0 Å². The summed E-state index contributed by atoms with van der Waals surface area (Å²) in [6.07, 6.45) is 3.17. The Kier molecular flexibility index (Phi) is 5.11. The number of rotatable bonds is 4. The lowest BCUT2D eigenvalue weighted by Gasteiger charge is -1.96. The Labute approximate surface area is 66.0 Å². The monoisotopic (exact) mass is 156 g/mol. The van der Waals surface area contributed by atoms with E-state index < -0.39 is 5.97 Å². The molecule has 11 heavy (non-hydrogen) atoms. The number of hydrogen-bond donors (Lipinski definition) is 1. The molecule has 0 amide bonds. The van der Waals surface area contributed by atoms with Gasteiger partial charge in [-0.05, 0) is 13.3 Å². The van der Waals surface area contributed by atoms with Crippen molar-refractivity contribution in [3.05, 3.63) is 24.5 Å². The smallest absolute Gasteiger partial charge is 0.338 e. The minimum absolute atomic E-state index is 0.0404. The molecule has 0 aliphatic heterocycles. The first-order valence-corrected chi connectivity index (χ1v) is 3.32. The SMILES string of the molecule is C=COC(=O)/C(C)=C/CCO. The lowest BCUT2D eigenvalue weighted by molar-refractivity contribution is -0.133. The van der Waals surface area contributed by atoms with Crippen LogP contribution >= 0.6 is 0 Å². The first-order chi connectivity index (χ1) is 5.22. The number of aliphatic hydroxyl groups is 1. The molecule has 0 rings (SSSR count). The van der Waals surface area contributed by atoms with Crippen molar-refractivity contribution >= 4 is 5.97 Å². The van der Waals surface area contributed by atoms with Gasteiger partial charge in [0.25, 0.3) is 0 Å². The summed E-state index contributed by atoms with van der Waals surface area (Å²) < 4.78 is 4.48. The van der Waals surface area contributed by atoms with Crippen molar-refractivity contribution in [2.45, 2.75) is 13.3 Å². The minimum atomic E-state index is -0.423. The quantitative estimate of drug-likeness (QED) is 0.375. The number of hydrogen-bond acceptors (Lipinski definition) is 3. The molecule has 3 nitrogen and oxygen atoms in total. The van der Waals surface area contributed by atoms with Gasteiger partial charge < -0.3 is 9.84 Å². The third-order valence-corrected chi connectivity index (χ3v) is 1.09. The summed E-state index contributed by atoms with van der Waals surface area (Å²) in [5.41, 5.74) is 0.485. The van der Waals surface area contributed by atoms with Crippen LogP contribution in [0.2, 0.25) is 0 Å². The van der Waals surface area contributed by atoms with Crippen molar-refractivity contribution < 1.29 is 14.6 Å². The Hall–Kier alpha value is -1.09. The predicted molar refractivity (Wildman–Crippen MR) is 41.7 cm³/mol. The van der Waals surface area contributed by atoms with E-state index in [0.29, 0.717) is 12.0 Å². The van der Waals surface area contributed by atoms with Gasteiger partial charge in [0.2, 0.25) is 0 Å². The normalized spacial score (nSPS) is 10.9. The molecule has 0 fully saturated rings. The van der Waals surface area contributed by atoms with Gasteiger partial charge in [0.1, 0.15) is 0 Å². The van der Waals surface area contributed by atoms with Crippen LogP contribution in [0.1, 0.15) is 13.3 Å². The lowest BCUT2D eigenvalue weighted by Crippen LogP contribution is -2.00. The second kappa shape index (κ2) is 5.68. The molecule has 3 heteroatoms. The molecule has 62 valence electrons. The van der Waals surface area contributed by atoms with Gasteiger partial charge in [0, 0.05) is 12.2 Å². The Bertz CT molecular complexity index is 170. The minimum Gasteiger partial charge on any atom is -0.432 e. The number of ether oxygens (including phenoxy) is 1. The average molecular weight is 156 g/mol. The van der Waals surface area contributed by atoms with Crippen LogP contribution in [-0.4, -0.2) is 17.7 Å². The highest BCUT2D eigenvalue weighted by atomic mass is 16.5. The van der Waals surface area contributed by atoms with Crippen molar-refractivity contribution in [2.24, 2.45) is 0 Å². The highest BCUT2D eigenvalue weighted by molar-refractivity contribution is 5.88. The molecule has 0 spiro atoms. The summed E-state index contributed by atoms with van der Waals surface area (Å²) in [7, 11) is 0. The van der Waals surface area contributed by atoms with E-state index in [4.69, 9.17) is 5.11 Å². The average Bonchev–Trinajstić information content (AvgIpc) is 2.00. The number of aliphatic hydroxyl groups excluding tert-OH is 1. The van der Waals surface area contributed by atoms with Crippen molar-refractivity contribution in [2.75, 3.05) is 6.61 Å². The van der Waals surface area contributed by atoms with Crippen LogP contribution in [0.3, 0.4) is 0 Å². The summed E-state index contributed by atoms with van der Waals surface area (Å²) in [6.45, 7) is 4.91. The van der Waals surface area contributed by atoms with E-state index in [-0.39, 0.29) is 6.61 Å². The maximum atomic E-state index is 10.8. The van der Waals surface area contributed by atoms with Crippen molar-refractivity contribution in [3.8, 4) is 0 Å². The van der Waals surface area contributed by atoms with Crippen LogP contribution in [0.5, 0.6) is 0 Å². The molecule has 0 saturated carbocycles. The molecule has 0 aromatic heterocycles. The predicted octanol–water partition coefficient (Wildman–Crippen LogP) is 1.00. The van der Waals surface area contributed by atoms with Gasteiger partial charge in [0.15, 0.2) is 0 Å². The van der Waals surface area contributed by atoms with E-state index in [1.807, 2.05) is 0 Å². The van der Waals surface area contributed by atoms with Crippen LogP contribution in [0, 0.1) is 0 Å². The van der Waals surface area contributed by atoms with Crippen molar-refractivity contribution in [3.63, 3.8) is 0 Å². The lowest BCUT2D eigenvalue weighted by atomic mass is 10.2. The molecule has 0 aromatic carbocycles. The maximum absolute atomic E-state index is 10.8. The van der Waals surface area contributed by atoms with Crippen molar-refractivity contribution in [1.29, 1.82) is 0 Å². The first-order valence-electron chi connectivity index (χ1n) is 3.32. The fourth-order valence-corrected chi connectivity index (χ4v) is 0.533. The van der Waals surface area contributed by atoms with Gasteiger partial charge in [-0.1, -0.05) is 12.7 Å². The first kappa shape index (κ1) is 9.91. The molecule has 0 radical (unpaired) electrons. The van der Waals surface area contributed by atoms with E-state index >= 15 is 0 Å². The van der Waals surface area contributed by atoms with Gasteiger partial charge in [-0.2, -0.15) is 0 Å².